The average molecular weight is 255 g/mol. The molecular weight excluding hydrogens is 242 g/mol. The van der Waals surface area contributed by atoms with Gasteiger partial charge in [-0.25, -0.2) is 4.79 Å². The minimum atomic E-state index is -1.28. The summed E-state index contributed by atoms with van der Waals surface area (Å²) in [7, 11) is 0. The van der Waals surface area contributed by atoms with Crippen LogP contribution in [0, 0.1) is 6.92 Å². The Morgan fingerprint density at radius 1 is 1.33 bits per heavy atom. The normalized spacial score (nSPS) is 11.8. The summed E-state index contributed by atoms with van der Waals surface area (Å²) in [4.78, 5) is 32.8. The second-order valence-corrected chi connectivity index (χ2v) is 3.71. The first-order chi connectivity index (χ1) is 8.40. The van der Waals surface area contributed by atoms with E-state index in [-0.39, 0.29) is 18.6 Å². The van der Waals surface area contributed by atoms with Crippen molar-refractivity contribution in [3.63, 3.8) is 0 Å². The highest BCUT2D eigenvalue weighted by atomic mass is 16.4. The van der Waals surface area contributed by atoms with E-state index in [1.54, 1.807) is 13.0 Å². The fraction of sp³-hybridized carbons (Fsp3) is 0.364. The molecule has 0 saturated carbocycles. The van der Waals surface area contributed by atoms with Crippen molar-refractivity contribution in [3.05, 3.63) is 23.7 Å². The average Bonchev–Trinajstić information content (AvgIpc) is 2.70. The van der Waals surface area contributed by atoms with Gasteiger partial charge in [-0.1, -0.05) is 0 Å². The second kappa shape index (κ2) is 5.85. The molecule has 98 valence electrons. The molecule has 0 spiro atoms. The number of rotatable bonds is 6. The van der Waals surface area contributed by atoms with Gasteiger partial charge < -0.3 is 19.9 Å². The summed E-state index contributed by atoms with van der Waals surface area (Å²) >= 11 is 0. The Kier molecular flexibility index (Phi) is 4.47. The van der Waals surface area contributed by atoms with E-state index in [9.17, 15) is 14.4 Å². The summed E-state index contributed by atoms with van der Waals surface area (Å²) in [6.07, 6.45) is -0.523. The van der Waals surface area contributed by atoms with Crippen LogP contribution in [0.15, 0.2) is 16.5 Å². The standard InChI is InChI=1S/C11H13NO6/c1-6-2-4-8(18-6)10(15)12-7(11(16)17)3-5-9(13)14/h2,4,7H,3,5H2,1H3,(H,12,15)(H,13,14)(H,16,17)/t7-/m0/s1. The van der Waals surface area contributed by atoms with Crippen LogP contribution in [0.2, 0.25) is 0 Å². The molecule has 0 unspecified atom stereocenters. The molecule has 3 N–H and O–H groups in total. The van der Waals surface area contributed by atoms with Crippen molar-refractivity contribution in [2.24, 2.45) is 0 Å². The van der Waals surface area contributed by atoms with Gasteiger partial charge in [0, 0.05) is 6.42 Å². The lowest BCUT2D eigenvalue weighted by Gasteiger charge is -2.12. The highest BCUT2D eigenvalue weighted by Crippen LogP contribution is 2.07. The summed E-state index contributed by atoms with van der Waals surface area (Å²) in [5.74, 6) is -2.57. The van der Waals surface area contributed by atoms with Crippen LogP contribution in [0.5, 0.6) is 0 Å². The lowest BCUT2D eigenvalue weighted by Crippen LogP contribution is -2.41. The first-order valence-electron chi connectivity index (χ1n) is 5.22. The van der Waals surface area contributed by atoms with Crippen LogP contribution in [0.3, 0.4) is 0 Å². The van der Waals surface area contributed by atoms with Gasteiger partial charge in [0.15, 0.2) is 5.76 Å². The van der Waals surface area contributed by atoms with Crippen LogP contribution in [0.1, 0.15) is 29.2 Å². The molecule has 0 saturated heterocycles. The zero-order chi connectivity index (χ0) is 13.7. The molecule has 7 heteroatoms. The van der Waals surface area contributed by atoms with Crippen molar-refractivity contribution in [1.82, 2.24) is 5.32 Å². The van der Waals surface area contributed by atoms with Crippen LogP contribution < -0.4 is 5.32 Å². The smallest absolute Gasteiger partial charge is 0.326 e. The van der Waals surface area contributed by atoms with E-state index in [0.29, 0.717) is 5.76 Å². The number of hydrogen-bond donors (Lipinski definition) is 3. The van der Waals surface area contributed by atoms with Crippen molar-refractivity contribution in [2.75, 3.05) is 0 Å². The molecule has 1 rings (SSSR count). The van der Waals surface area contributed by atoms with Crippen LogP contribution >= 0.6 is 0 Å². The van der Waals surface area contributed by atoms with Gasteiger partial charge in [0.05, 0.1) is 0 Å². The van der Waals surface area contributed by atoms with Gasteiger partial charge in [0.1, 0.15) is 11.8 Å². The van der Waals surface area contributed by atoms with Crippen molar-refractivity contribution in [1.29, 1.82) is 0 Å². The van der Waals surface area contributed by atoms with Crippen molar-refractivity contribution in [2.45, 2.75) is 25.8 Å². The lowest BCUT2D eigenvalue weighted by atomic mass is 10.1. The van der Waals surface area contributed by atoms with E-state index in [4.69, 9.17) is 14.6 Å². The van der Waals surface area contributed by atoms with Gasteiger partial charge in [0.2, 0.25) is 0 Å². The zero-order valence-corrected chi connectivity index (χ0v) is 9.67. The molecule has 1 aromatic rings. The van der Waals surface area contributed by atoms with Crippen LogP contribution in [0.25, 0.3) is 0 Å². The number of aliphatic carboxylic acids is 2. The minimum absolute atomic E-state index is 0.00549. The molecule has 0 fully saturated rings. The van der Waals surface area contributed by atoms with Crippen LogP contribution in [0.4, 0.5) is 0 Å². The number of amides is 1. The first-order valence-corrected chi connectivity index (χ1v) is 5.22. The van der Waals surface area contributed by atoms with Gasteiger partial charge in [-0.05, 0) is 25.5 Å². The molecule has 7 nitrogen and oxygen atoms in total. The van der Waals surface area contributed by atoms with E-state index in [2.05, 4.69) is 5.32 Å². The SMILES string of the molecule is Cc1ccc(C(=O)N[C@@H](CCC(=O)O)C(=O)O)o1. The molecule has 0 bridgehead atoms. The number of hydrogen-bond acceptors (Lipinski definition) is 4. The van der Waals surface area contributed by atoms with E-state index < -0.39 is 23.9 Å². The Morgan fingerprint density at radius 2 is 2.00 bits per heavy atom. The van der Waals surface area contributed by atoms with E-state index in [0.717, 1.165) is 0 Å². The highest BCUT2D eigenvalue weighted by molar-refractivity contribution is 5.94. The minimum Gasteiger partial charge on any atom is -0.481 e. The van der Waals surface area contributed by atoms with E-state index in [1.807, 2.05) is 0 Å². The summed E-state index contributed by atoms with van der Waals surface area (Å²) < 4.78 is 5.03. The number of carboxylic acid groups (broad SMARTS) is 2. The summed E-state index contributed by atoms with van der Waals surface area (Å²) in [6.45, 7) is 1.65. The summed E-state index contributed by atoms with van der Waals surface area (Å²) in [5.41, 5.74) is 0. The molecule has 0 aliphatic rings. The predicted molar refractivity (Wildman–Crippen MR) is 59.2 cm³/mol. The monoisotopic (exact) mass is 255 g/mol. The Balaban J connectivity index is 2.63. The zero-order valence-electron chi connectivity index (χ0n) is 9.67. The molecule has 0 aromatic carbocycles. The maximum absolute atomic E-state index is 11.6. The molecule has 0 aliphatic carbocycles. The Hall–Kier alpha value is -2.31. The van der Waals surface area contributed by atoms with Gasteiger partial charge in [0.25, 0.3) is 5.91 Å². The Morgan fingerprint density at radius 3 is 2.44 bits per heavy atom. The Bertz CT molecular complexity index is 464. The van der Waals surface area contributed by atoms with E-state index in [1.165, 1.54) is 6.07 Å². The van der Waals surface area contributed by atoms with Gasteiger partial charge in [-0.3, -0.25) is 9.59 Å². The third-order valence-corrected chi connectivity index (χ3v) is 2.21. The van der Waals surface area contributed by atoms with Gasteiger partial charge >= 0.3 is 11.9 Å². The lowest BCUT2D eigenvalue weighted by molar-refractivity contribution is -0.140. The van der Waals surface area contributed by atoms with Crippen molar-refractivity contribution >= 4 is 17.8 Å². The fourth-order valence-electron chi connectivity index (χ4n) is 1.31. The number of carbonyl (C=O) groups excluding carboxylic acids is 1. The van der Waals surface area contributed by atoms with Crippen molar-refractivity contribution < 1.29 is 29.0 Å². The topological polar surface area (TPSA) is 117 Å². The maximum atomic E-state index is 11.6. The maximum Gasteiger partial charge on any atom is 0.326 e. The van der Waals surface area contributed by atoms with Crippen molar-refractivity contribution in [3.8, 4) is 0 Å². The number of nitrogens with one attached hydrogen (secondary N) is 1. The number of carbonyl (C=O) groups is 3. The molecule has 18 heavy (non-hydrogen) atoms. The van der Waals surface area contributed by atoms with E-state index >= 15 is 0 Å². The molecular formula is C11H13NO6. The quantitative estimate of drug-likeness (QED) is 0.686. The molecule has 0 radical (unpaired) electrons. The molecule has 1 heterocycles. The molecule has 1 atom stereocenters. The largest absolute Gasteiger partial charge is 0.481 e. The third kappa shape index (κ3) is 3.93. The first kappa shape index (κ1) is 13.8. The molecule has 0 aliphatic heterocycles. The van der Waals surface area contributed by atoms with Crippen LogP contribution in [-0.2, 0) is 9.59 Å². The van der Waals surface area contributed by atoms with Gasteiger partial charge in [-0.2, -0.15) is 0 Å². The molecule has 1 aromatic heterocycles. The second-order valence-electron chi connectivity index (χ2n) is 3.71. The van der Waals surface area contributed by atoms with Crippen LogP contribution in [-0.4, -0.2) is 34.1 Å². The fourth-order valence-corrected chi connectivity index (χ4v) is 1.31. The summed E-state index contributed by atoms with van der Waals surface area (Å²) in [6, 6.07) is 1.74. The number of carboxylic acids is 2. The summed E-state index contributed by atoms with van der Waals surface area (Å²) in [5, 5.41) is 19.5. The number of aryl methyl sites for hydroxylation is 1. The third-order valence-electron chi connectivity index (χ3n) is 2.21. The predicted octanol–water partition coefficient (Wildman–Crippen LogP) is 0.636. The Labute approximate surface area is 102 Å². The molecule has 1 amide bonds. The highest BCUT2D eigenvalue weighted by Gasteiger charge is 2.22. The number of furan rings is 1. The van der Waals surface area contributed by atoms with Gasteiger partial charge in [-0.15, -0.1) is 0 Å².